The molecule has 2 heterocycles. The van der Waals surface area contributed by atoms with Crippen molar-refractivity contribution >= 4 is 36.4 Å². The number of carbonyl (C=O) groups is 1. The third kappa shape index (κ3) is 4.77. The first-order valence-corrected chi connectivity index (χ1v) is 7.63. The highest BCUT2D eigenvalue weighted by Gasteiger charge is 2.21. The average Bonchev–Trinajstić information content (AvgIpc) is 2.90. The summed E-state index contributed by atoms with van der Waals surface area (Å²) in [6.07, 6.45) is 3.50. The Morgan fingerprint density at radius 2 is 2.14 bits per heavy atom. The molecule has 3 rings (SSSR count). The predicted octanol–water partition coefficient (Wildman–Crippen LogP) is 2.01. The zero-order valence-corrected chi connectivity index (χ0v) is 14.3. The average molecular weight is 346 g/mol. The van der Waals surface area contributed by atoms with Crippen molar-refractivity contribution in [3.8, 4) is 0 Å². The van der Waals surface area contributed by atoms with Crippen LogP contribution in [0.3, 0.4) is 0 Å². The second-order valence-corrected chi connectivity index (χ2v) is 5.82. The Hall–Kier alpha value is -0.970. The van der Waals surface area contributed by atoms with Crippen molar-refractivity contribution in [1.29, 1.82) is 0 Å². The maximum Gasteiger partial charge on any atom is 0.239 e. The molecule has 1 aromatic rings. The molecule has 1 fully saturated rings. The SMILES string of the molecule is Cl.Cl.O=C(CN1CCc2ccccc21)NCC1CCCNC1. The molecule has 124 valence electrons. The van der Waals surface area contributed by atoms with E-state index in [2.05, 4.69) is 33.7 Å². The summed E-state index contributed by atoms with van der Waals surface area (Å²) >= 11 is 0. The summed E-state index contributed by atoms with van der Waals surface area (Å²) in [4.78, 5) is 14.3. The quantitative estimate of drug-likeness (QED) is 0.877. The van der Waals surface area contributed by atoms with Crippen LogP contribution in [-0.4, -0.2) is 38.6 Å². The minimum Gasteiger partial charge on any atom is -0.362 e. The first-order valence-electron chi connectivity index (χ1n) is 7.63. The highest BCUT2D eigenvalue weighted by Crippen LogP contribution is 2.26. The van der Waals surface area contributed by atoms with Crippen LogP contribution in [0, 0.1) is 5.92 Å². The van der Waals surface area contributed by atoms with Crippen molar-refractivity contribution < 1.29 is 4.79 Å². The van der Waals surface area contributed by atoms with E-state index in [-0.39, 0.29) is 30.7 Å². The van der Waals surface area contributed by atoms with Crippen LogP contribution in [0.5, 0.6) is 0 Å². The number of piperidine rings is 1. The molecule has 2 aliphatic rings. The Kier molecular flexibility index (Phi) is 8.01. The number of carbonyl (C=O) groups excluding carboxylic acids is 1. The lowest BCUT2D eigenvalue weighted by molar-refractivity contribution is -0.120. The summed E-state index contributed by atoms with van der Waals surface area (Å²) in [5, 5.41) is 6.47. The fourth-order valence-corrected chi connectivity index (χ4v) is 3.16. The third-order valence-electron chi connectivity index (χ3n) is 4.30. The molecule has 0 bridgehead atoms. The Morgan fingerprint density at radius 3 is 2.91 bits per heavy atom. The summed E-state index contributed by atoms with van der Waals surface area (Å²) in [6.45, 7) is 4.40. The monoisotopic (exact) mass is 345 g/mol. The lowest BCUT2D eigenvalue weighted by Crippen LogP contribution is -2.42. The number of rotatable bonds is 4. The van der Waals surface area contributed by atoms with E-state index in [1.807, 2.05) is 6.07 Å². The molecule has 6 heteroatoms. The molecule has 22 heavy (non-hydrogen) atoms. The molecular weight excluding hydrogens is 321 g/mol. The van der Waals surface area contributed by atoms with Gasteiger partial charge in [0.25, 0.3) is 0 Å². The van der Waals surface area contributed by atoms with Crippen LogP contribution in [0.4, 0.5) is 5.69 Å². The molecule has 2 aliphatic heterocycles. The van der Waals surface area contributed by atoms with Gasteiger partial charge in [0.05, 0.1) is 6.54 Å². The molecule has 0 spiro atoms. The Labute approximate surface area is 144 Å². The molecule has 1 unspecified atom stereocenters. The molecule has 0 aromatic heterocycles. The first kappa shape index (κ1) is 19.1. The Bertz CT molecular complexity index is 478. The summed E-state index contributed by atoms with van der Waals surface area (Å²) in [5.74, 6) is 0.742. The maximum atomic E-state index is 12.1. The van der Waals surface area contributed by atoms with Gasteiger partial charge in [0.1, 0.15) is 0 Å². The fraction of sp³-hybridized carbons (Fsp3) is 0.562. The molecule has 4 nitrogen and oxygen atoms in total. The zero-order valence-electron chi connectivity index (χ0n) is 12.7. The Balaban J connectivity index is 0.00000121. The standard InChI is InChI=1S/C16H23N3O.2ClH/c20-16(18-11-13-4-3-8-17-10-13)12-19-9-7-14-5-1-2-6-15(14)19;;/h1-2,5-6,13,17H,3-4,7-12H2,(H,18,20);2*1H. The van der Waals surface area contributed by atoms with Crippen LogP contribution < -0.4 is 15.5 Å². The molecule has 0 radical (unpaired) electrons. The largest absolute Gasteiger partial charge is 0.362 e. The van der Waals surface area contributed by atoms with E-state index in [0.717, 1.165) is 32.6 Å². The van der Waals surface area contributed by atoms with Crippen molar-refractivity contribution in [3.63, 3.8) is 0 Å². The summed E-state index contributed by atoms with van der Waals surface area (Å²) in [5.41, 5.74) is 2.58. The van der Waals surface area contributed by atoms with Crippen molar-refractivity contribution in [2.45, 2.75) is 19.3 Å². The zero-order chi connectivity index (χ0) is 13.8. The maximum absolute atomic E-state index is 12.1. The van der Waals surface area contributed by atoms with Crippen LogP contribution in [0.1, 0.15) is 18.4 Å². The number of benzene rings is 1. The number of amides is 1. The van der Waals surface area contributed by atoms with Gasteiger partial charge in [-0.05, 0) is 49.9 Å². The summed E-state index contributed by atoms with van der Waals surface area (Å²) < 4.78 is 0. The number of anilines is 1. The smallest absolute Gasteiger partial charge is 0.239 e. The van der Waals surface area contributed by atoms with E-state index < -0.39 is 0 Å². The minimum absolute atomic E-state index is 0. The first-order chi connectivity index (χ1) is 9.83. The number of hydrogen-bond acceptors (Lipinski definition) is 3. The number of hydrogen-bond donors (Lipinski definition) is 2. The topological polar surface area (TPSA) is 44.4 Å². The van der Waals surface area contributed by atoms with E-state index in [9.17, 15) is 4.79 Å². The van der Waals surface area contributed by atoms with Gasteiger partial charge in [-0.3, -0.25) is 4.79 Å². The Morgan fingerprint density at radius 1 is 1.32 bits per heavy atom. The van der Waals surface area contributed by atoms with Crippen molar-refractivity contribution in [3.05, 3.63) is 29.8 Å². The van der Waals surface area contributed by atoms with Crippen LogP contribution in [0.25, 0.3) is 0 Å². The third-order valence-corrected chi connectivity index (χ3v) is 4.30. The van der Waals surface area contributed by atoms with Crippen LogP contribution in [0.15, 0.2) is 24.3 Å². The van der Waals surface area contributed by atoms with Gasteiger partial charge in [-0.25, -0.2) is 0 Å². The van der Waals surface area contributed by atoms with Crippen molar-refractivity contribution in [2.75, 3.05) is 37.6 Å². The number of nitrogens with zero attached hydrogens (tertiary/aromatic N) is 1. The molecule has 1 saturated heterocycles. The van der Waals surface area contributed by atoms with E-state index in [1.165, 1.54) is 24.1 Å². The van der Waals surface area contributed by atoms with Gasteiger partial charge < -0.3 is 15.5 Å². The normalized spacial score (nSPS) is 19.6. The number of nitrogens with one attached hydrogen (secondary N) is 2. The van der Waals surface area contributed by atoms with Gasteiger partial charge in [0, 0.05) is 18.8 Å². The van der Waals surface area contributed by atoms with Crippen LogP contribution in [0.2, 0.25) is 0 Å². The van der Waals surface area contributed by atoms with Gasteiger partial charge in [-0.2, -0.15) is 0 Å². The second-order valence-electron chi connectivity index (χ2n) is 5.82. The van der Waals surface area contributed by atoms with E-state index in [0.29, 0.717) is 12.5 Å². The van der Waals surface area contributed by atoms with Crippen molar-refractivity contribution in [1.82, 2.24) is 10.6 Å². The molecule has 0 aliphatic carbocycles. The predicted molar refractivity (Wildman–Crippen MR) is 95.5 cm³/mol. The molecule has 0 saturated carbocycles. The van der Waals surface area contributed by atoms with Gasteiger partial charge in [-0.15, -0.1) is 24.8 Å². The van der Waals surface area contributed by atoms with Crippen molar-refractivity contribution in [2.24, 2.45) is 5.92 Å². The minimum atomic E-state index is 0. The van der Waals surface area contributed by atoms with Gasteiger partial charge in [0.15, 0.2) is 0 Å². The second kappa shape index (κ2) is 9.23. The lowest BCUT2D eigenvalue weighted by atomic mass is 10.00. The van der Waals surface area contributed by atoms with Gasteiger partial charge in [-0.1, -0.05) is 18.2 Å². The van der Waals surface area contributed by atoms with E-state index in [1.54, 1.807) is 0 Å². The van der Waals surface area contributed by atoms with E-state index in [4.69, 9.17) is 0 Å². The molecular formula is C16H25Cl2N3O. The molecule has 1 aromatic carbocycles. The molecule has 1 amide bonds. The highest BCUT2D eigenvalue weighted by molar-refractivity contribution is 5.85. The molecule has 1 atom stereocenters. The number of halogens is 2. The molecule has 2 N–H and O–H groups in total. The van der Waals surface area contributed by atoms with E-state index >= 15 is 0 Å². The van der Waals surface area contributed by atoms with Gasteiger partial charge in [0.2, 0.25) is 5.91 Å². The highest BCUT2D eigenvalue weighted by atomic mass is 35.5. The fourth-order valence-electron chi connectivity index (χ4n) is 3.16. The number of fused-ring (bicyclic) bond motifs is 1. The summed E-state index contributed by atoms with van der Waals surface area (Å²) in [6, 6.07) is 8.38. The van der Waals surface area contributed by atoms with Crippen LogP contribution in [-0.2, 0) is 11.2 Å². The van der Waals surface area contributed by atoms with Crippen LogP contribution >= 0.6 is 24.8 Å². The number of para-hydroxylation sites is 1. The van der Waals surface area contributed by atoms with Gasteiger partial charge >= 0.3 is 0 Å². The summed E-state index contributed by atoms with van der Waals surface area (Å²) in [7, 11) is 0. The lowest BCUT2D eigenvalue weighted by Gasteiger charge is -2.24.